The molecule has 0 aromatic heterocycles. The number of nitrogens with one attached hydrogen (secondary N) is 1. The lowest BCUT2D eigenvalue weighted by Crippen LogP contribution is -2.41. The minimum Gasteiger partial charge on any atom is -0.378 e. The van der Waals surface area contributed by atoms with E-state index >= 15 is 0 Å². The van der Waals surface area contributed by atoms with Gasteiger partial charge in [-0.3, -0.25) is 5.32 Å². The highest BCUT2D eigenvalue weighted by atomic mass is 16.5. The van der Waals surface area contributed by atoms with Crippen molar-refractivity contribution in [3.05, 3.63) is 0 Å². The first kappa shape index (κ1) is 16.5. The van der Waals surface area contributed by atoms with Crippen LogP contribution < -0.4 is 5.32 Å². The van der Waals surface area contributed by atoms with Crippen molar-refractivity contribution in [1.82, 2.24) is 5.32 Å². The number of ether oxygens (including phenoxy) is 1. The fraction of sp³-hybridized carbons (Fsp3) is 0.938. The van der Waals surface area contributed by atoms with Gasteiger partial charge in [0.05, 0.1) is 12.2 Å². The first-order chi connectivity index (χ1) is 9.09. The third-order valence-corrected chi connectivity index (χ3v) is 4.15. The van der Waals surface area contributed by atoms with E-state index in [2.05, 4.69) is 25.2 Å². The van der Waals surface area contributed by atoms with E-state index in [4.69, 9.17) is 4.74 Å². The number of rotatable bonds is 8. The highest BCUT2D eigenvalue weighted by molar-refractivity contribution is 5.03. The van der Waals surface area contributed by atoms with Crippen LogP contribution in [0.2, 0.25) is 0 Å². The maximum Gasteiger partial charge on any atom is 0.104 e. The first-order valence-electron chi connectivity index (χ1n) is 7.87. The van der Waals surface area contributed by atoms with Crippen LogP contribution in [-0.2, 0) is 4.74 Å². The van der Waals surface area contributed by atoms with Crippen LogP contribution in [0.5, 0.6) is 0 Å². The highest BCUT2D eigenvalue weighted by Gasteiger charge is 2.23. The monoisotopic (exact) mass is 266 g/mol. The van der Waals surface area contributed by atoms with Crippen LogP contribution in [0.15, 0.2) is 0 Å². The van der Waals surface area contributed by atoms with Crippen molar-refractivity contribution in [2.24, 2.45) is 5.92 Å². The van der Waals surface area contributed by atoms with E-state index < -0.39 is 0 Å². The van der Waals surface area contributed by atoms with Gasteiger partial charge in [-0.25, -0.2) is 0 Å². The second kappa shape index (κ2) is 8.55. The predicted octanol–water partition coefficient (Wildman–Crippen LogP) is 3.64. The second-order valence-corrected chi connectivity index (χ2v) is 6.23. The predicted molar refractivity (Wildman–Crippen MR) is 78.9 cm³/mol. The normalized spacial score (nSPS) is 26.6. The average molecular weight is 266 g/mol. The topological polar surface area (TPSA) is 45.0 Å². The van der Waals surface area contributed by atoms with Crippen LogP contribution in [0, 0.1) is 17.2 Å². The fourth-order valence-corrected chi connectivity index (χ4v) is 2.66. The SMILES string of the molecule is CCCNC(C)(C#N)CCCOC1CCC(C)CC1. The summed E-state index contributed by atoms with van der Waals surface area (Å²) in [7, 11) is 0. The Morgan fingerprint density at radius 1 is 1.32 bits per heavy atom. The average Bonchev–Trinajstić information content (AvgIpc) is 2.43. The van der Waals surface area contributed by atoms with Gasteiger partial charge >= 0.3 is 0 Å². The van der Waals surface area contributed by atoms with E-state index in [1.165, 1.54) is 25.7 Å². The third kappa shape index (κ3) is 6.40. The molecule has 1 atom stereocenters. The van der Waals surface area contributed by atoms with Gasteiger partial charge in [-0.15, -0.1) is 0 Å². The van der Waals surface area contributed by atoms with Crippen molar-refractivity contribution in [2.75, 3.05) is 13.2 Å². The van der Waals surface area contributed by atoms with Gasteiger partial charge in [0.2, 0.25) is 0 Å². The van der Waals surface area contributed by atoms with Crippen LogP contribution in [0.4, 0.5) is 0 Å². The first-order valence-corrected chi connectivity index (χ1v) is 7.87. The van der Waals surface area contributed by atoms with E-state index in [9.17, 15) is 5.26 Å². The molecule has 3 heteroatoms. The van der Waals surface area contributed by atoms with Gasteiger partial charge in [-0.05, 0) is 64.3 Å². The zero-order chi connectivity index (χ0) is 14.1. The molecular formula is C16H30N2O. The van der Waals surface area contributed by atoms with Crippen molar-refractivity contribution < 1.29 is 4.74 Å². The molecule has 1 fully saturated rings. The Bertz CT molecular complexity index is 279. The van der Waals surface area contributed by atoms with Crippen molar-refractivity contribution >= 4 is 0 Å². The van der Waals surface area contributed by atoms with E-state index in [1.54, 1.807) is 0 Å². The minimum atomic E-state index is -0.388. The largest absolute Gasteiger partial charge is 0.378 e. The van der Waals surface area contributed by atoms with Gasteiger partial charge < -0.3 is 4.74 Å². The van der Waals surface area contributed by atoms with Crippen molar-refractivity contribution in [3.8, 4) is 6.07 Å². The Labute approximate surface area is 118 Å². The standard InChI is InChI=1S/C16H30N2O/c1-4-11-18-16(3,13-17)10-5-12-19-15-8-6-14(2)7-9-15/h14-15,18H,4-12H2,1-3H3. The number of nitriles is 1. The third-order valence-electron chi connectivity index (χ3n) is 4.15. The molecule has 0 spiro atoms. The van der Waals surface area contributed by atoms with Crippen LogP contribution in [-0.4, -0.2) is 24.8 Å². The minimum absolute atomic E-state index is 0.388. The summed E-state index contributed by atoms with van der Waals surface area (Å²) >= 11 is 0. The Morgan fingerprint density at radius 2 is 2.00 bits per heavy atom. The van der Waals surface area contributed by atoms with Gasteiger partial charge in [0.15, 0.2) is 0 Å². The highest BCUT2D eigenvalue weighted by Crippen LogP contribution is 2.25. The van der Waals surface area contributed by atoms with Crippen molar-refractivity contribution in [3.63, 3.8) is 0 Å². The van der Waals surface area contributed by atoms with Crippen molar-refractivity contribution in [1.29, 1.82) is 5.26 Å². The molecule has 1 aliphatic rings. The quantitative estimate of drug-likeness (QED) is 0.682. The molecule has 1 rings (SSSR count). The van der Waals surface area contributed by atoms with E-state index in [-0.39, 0.29) is 5.54 Å². The van der Waals surface area contributed by atoms with E-state index in [1.807, 2.05) is 6.92 Å². The molecule has 1 N–H and O–H groups in total. The van der Waals surface area contributed by atoms with Gasteiger partial charge in [-0.1, -0.05) is 13.8 Å². The molecular weight excluding hydrogens is 236 g/mol. The molecule has 1 aliphatic carbocycles. The Kier molecular flexibility index (Phi) is 7.41. The molecule has 1 unspecified atom stereocenters. The van der Waals surface area contributed by atoms with Crippen LogP contribution >= 0.6 is 0 Å². The lowest BCUT2D eigenvalue weighted by atomic mass is 9.89. The van der Waals surface area contributed by atoms with Crippen LogP contribution in [0.1, 0.15) is 65.7 Å². The molecule has 0 saturated heterocycles. The molecule has 0 radical (unpaired) electrons. The van der Waals surface area contributed by atoms with Gasteiger partial charge in [0, 0.05) is 6.61 Å². The summed E-state index contributed by atoms with van der Waals surface area (Å²) in [4.78, 5) is 0. The van der Waals surface area contributed by atoms with Crippen LogP contribution in [0.3, 0.4) is 0 Å². The van der Waals surface area contributed by atoms with E-state index in [0.717, 1.165) is 38.3 Å². The van der Waals surface area contributed by atoms with Gasteiger partial charge in [0.25, 0.3) is 0 Å². The maximum absolute atomic E-state index is 9.24. The number of hydrogen-bond donors (Lipinski definition) is 1. The summed E-state index contributed by atoms with van der Waals surface area (Å²) in [6.45, 7) is 8.15. The molecule has 0 bridgehead atoms. The smallest absolute Gasteiger partial charge is 0.104 e. The lowest BCUT2D eigenvalue weighted by Gasteiger charge is -2.27. The molecule has 110 valence electrons. The molecule has 19 heavy (non-hydrogen) atoms. The van der Waals surface area contributed by atoms with Gasteiger partial charge in [0.1, 0.15) is 5.54 Å². The molecule has 3 nitrogen and oxygen atoms in total. The summed E-state index contributed by atoms with van der Waals surface area (Å²) in [5.41, 5.74) is -0.388. The molecule has 0 aromatic carbocycles. The van der Waals surface area contributed by atoms with Crippen LogP contribution in [0.25, 0.3) is 0 Å². The number of hydrogen-bond acceptors (Lipinski definition) is 3. The maximum atomic E-state index is 9.24. The van der Waals surface area contributed by atoms with Crippen molar-refractivity contribution in [2.45, 2.75) is 77.4 Å². The second-order valence-electron chi connectivity index (χ2n) is 6.23. The summed E-state index contributed by atoms with van der Waals surface area (Å²) in [6, 6.07) is 2.39. The zero-order valence-corrected chi connectivity index (χ0v) is 12.9. The lowest BCUT2D eigenvalue weighted by molar-refractivity contribution is 0.0165. The Morgan fingerprint density at radius 3 is 2.58 bits per heavy atom. The zero-order valence-electron chi connectivity index (χ0n) is 12.9. The van der Waals surface area contributed by atoms with Gasteiger partial charge in [-0.2, -0.15) is 5.26 Å². The Hall–Kier alpha value is -0.590. The molecule has 0 amide bonds. The molecule has 1 saturated carbocycles. The summed E-state index contributed by atoms with van der Waals surface area (Å²) in [5, 5.41) is 12.6. The summed E-state index contributed by atoms with van der Waals surface area (Å²) in [5.74, 6) is 0.875. The molecule has 0 aromatic rings. The summed E-state index contributed by atoms with van der Waals surface area (Å²) in [6.07, 6.45) is 8.40. The fourth-order valence-electron chi connectivity index (χ4n) is 2.66. The molecule has 0 aliphatic heterocycles. The summed E-state index contributed by atoms with van der Waals surface area (Å²) < 4.78 is 5.94. The number of nitrogens with zero attached hydrogens (tertiary/aromatic N) is 1. The Balaban J connectivity index is 2.13. The van der Waals surface area contributed by atoms with E-state index in [0.29, 0.717) is 6.10 Å². The molecule has 0 heterocycles.